The van der Waals surface area contributed by atoms with Crippen LogP contribution in [0, 0.1) is 5.41 Å². The highest BCUT2D eigenvalue weighted by Crippen LogP contribution is 2.46. The van der Waals surface area contributed by atoms with E-state index in [1.54, 1.807) is 18.2 Å². The number of benzene rings is 2. The summed E-state index contributed by atoms with van der Waals surface area (Å²) in [5.41, 5.74) is 7.01. The second kappa shape index (κ2) is 5.29. The Bertz CT molecular complexity index is 667. The van der Waals surface area contributed by atoms with Crippen LogP contribution in [0.5, 0.6) is 17.2 Å². The number of nitrogens with two attached hydrogens (primary N) is 1. The predicted octanol–water partition coefficient (Wildman–Crippen LogP) is 3.30. The van der Waals surface area contributed by atoms with E-state index in [-0.39, 0.29) is 24.3 Å². The van der Waals surface area contributed by atoms with E-state index >= 15 is 0 Å². The number of hydrogen-bond acceptors (Lipinski definition) is 4. The molecule has 0 unspecified atom stereocenters. The van der Waals surface area contributed by atoms with Crippen LogP contribution >= 0.6 is 15.9 Å². The van der Waals surface area contributed by atoms with E-state index in [0.29, 0.717) is 5.75 Å². The van der Waals surface area contributed by atoms with Gasteiger partial charge in [0.25, 0.3) is 6.02 Å². The van der Waals surface area contributed by atoms with Gasteiger partial charge in [0, 0.05) is 15.6 Å². The average Bonchev–Trinajstić information content (AvgIpc) is 2.44. The number of nitrogens with one attached hydrogen (secondary N) is 1. The highest BCUT2D eigenvalue weighted by Gasteiger charge is 2.28. The fourth-order valence-corrected chi connectivity index (χ4v) is 2.80. The molecule has 0 saturated carbocycles. The molecule has 1 heterocycles. The minimum absolute atomic E-state index is 0.156. The van der Waals surface area contributed by atoms with Gasteiger partial charge in [-0.1, -0.05) is 15.9 Å². The van der Waals surface area contributed by atoms with Crippen LogP contribution in [-0.4, -0.2) is 17.7 Å². The van der Waals surface area contributed by atoms with Gasteiger partial charge in [0.15, 0.2) is 0 Å². The van der Waals surface area contributed by atoms with Gasteiger partial charge in [-0.15, -0.1) is 0 Å². The second-order valence-electron chi connectivity index (χ2n) is 4.73. The minimum atomic E-state index is -0.334. The van der Waals surface area contributed by atoms with Gasteiger partial charge in [-0.2, -0.15) is 0 Å². The topological polar surface area (TPSA) is 88.6 Å². The average molecular weight is 349 g/mol. The van der Waals surface area contributed by atoms with Gasteiger partial charge in [0.05, 0.1) is 5.92 Å². The number of aromatic hydroxyl groups is 1. The molecule has 4 N–H and O–H groups in total. The van der Waals surface area contributed by atoms with E-state index in [1.165, 1.54) is 0 Å². The largest absolute Gasteiger partial charge is 0.508 e. The molecule has 0 fully saturated rings. The van der Waals surface area contributed by atoms with Gasteiger partial charge >= 0.3 is 0 Å². The fraction of sp³-hybridized carbons (Fsp3) is 0.133. The van der Waals surface area contributed by atoms with E-state index in [4.69, 9.17) is 20.6 Å². The van der Waals surface area contributed by atoms with E-state index in [9.17, 15) is 5.11 Å². The number of hydrogen-bond donors (Lipinski definition) is 3. The first kappa shape index (κ1) is 13.8. The van der Waals surface area contributed by atoms with Crippen molar-refractivity contribution >= 4 is 22.0 Å². The zero-order valence-electron chi connectivity index (χ0n) is 11.0. The van der Waals surface area contributed by atoms with Crippen molar-refractivity contribution in [3.8, 4) is 17.2 Å². The summed E-state index contributed by atoms with van der Waals surface area (Å²) in [7, 11) is 0. The second-order valence-corrected chi connectivity index (χ2v) is 5.65. The van der Waals surface area contributed by atoms with Crippen LogP contribution in [0.15, 0.2) is 40.9 Å². The summed E-state index contributed by atoms with van der Waals surface area (Å²) in [6.07, 6.45) is 0. The van der Waals surface area contributed by atoms with Gasteiger partial charge in [-0.05, 0) is 36.4 Å². The molecule has 5 nitrogen and oxygen atoms in total. The maximum atomic E-state index is 9.71. The van der Waals surface area contributed by atoms with Crippen LogP contribution in [0.2, 0.25) is 0 Å². The predicted molar refractivity (Wildman–Crippen MR) is 82.0 cm³/mol. The monoisotopic (exact) mass is 348 g/mol. The van der Waals surface area contributed by atoms with Crippen LogP contribution in [0.25, 0.3) is 0 Å². The Morgan fingerprint density at radius 1 is 1.24 bits per heavy atom. The molecule has 108 valence electrons. The van der Waals surface area contributed by atoms with E-state index < -0.39 is 0 Å². The molecule has 0 aliphatic carbocycles. The van der Waals surface area contributed by atoms with Crippen LogP contribution < -0.4 is 10.5 Å². The molecule has 0 saturated heterocycles. The summed E-state index contributed by atoms with van der Waals surface area (Å²) < 4.78 is 12.0. The molecule has 2 aromatic carbocycles. The van der Waals surface area contributed by atoms with E-state index in [2.05, 4.69) is 15.9 Å². The zero-order chi connectivity index (χ0) is 15.0. The third-order valence-corrected chi connectivity index (χ3v) is 3.83. The summed E-state index contributed by atoms with van der Waals surface area (Å²) >= 11 is 3.44. The molecule has 1 aliphatic heterocycles. The summed E-state index contributed by atoms with van der Waals surface area (Å²) in [4.78, 5) is 0. The molecule has 0 radical (unpaired) electrons. The lowest BCUT2D eigenvalue weighted by Crippen LogP contribution is -2.21. The molecule has 3 rings (SSSR count). The Morgan fingerprint density at radius 2 is 1.90 bits per heavy atom. The first-order valence-corrected chi connectivity index (χ1v) is 7.11. The highest BCUT2D eigenvalue weighted by atomic mass is 79.9. The smallest absolute Gasteiger partial charge is 0.279 e. The Morgan fingerprint density at radius 3 is 2.62 bits per heavy atom. The molecule has 0 bridgehead atoms. The van der Waals surface area contributed by atoms with Crippen molar-refractivity contribution in [3.05, 3.63) is 52.0 Å². The summed E-state index contributed by atoms with van der Waals surface area (Å²) in [5, 5.41) is 16.9. The number of phenols is 1. The number of fused-ring (bicyclic) bond motifs is 2. The molecular formula is C15H13BrN2O3. The molecular weight excluding hydrogens is 336 g/mol. The molecule has 0 amide bonds. The van der Waals surface area contributed by atoms with Crippen molar-refractivity contribution in [1.29, 1.82) is 5.41 Å². The molecule has 2 aromatic rings. The molecule has 0 aromatic heterocycles. The lowest BCUT2D eigenvalue weighted by Gasteiger charge is -2.28. The van der Waals surface area contributed by atoms with Gasteiger partial charge in [-0.25, -0.2) is 0 Å². The van der Waals surface area contributed by atoms with Crippen molar-refractivity contribution in [1.82, 2.24) is 0 Å². The van der Waals surface area contributed by atoms with Crippen LogP contribution in [0.4, 0.5) is 0 Å². The Labute approximate surface area is 129 Å². The standard InChI is InChI=1S/C15H13BrN2O3/c16-8-1-3-13-10(5-8)12(7-20-15(17)18)11-6-9(19)2-4-14(11)21-13/h1-6,12,19H,7H2,(H3,17,18)/t12-/m1/s1. The van der Waals surface area contributed by atoms with Crippen LogP contribution in [0.1, 0.15) is 17.0 Å². The minimum Gasteiger partial charge on any atom is -0.508 e. The molecule has 1 atom stereocenters. The van der Waals surface area contributed by atoms with Crippen molar-refractivity contribution in [3.63, 3.8) is 0 Å². The quantitative estimate of drug-likeness (QED) is 0.573. The van der Waals surface area contributed by atoms with Crippen LogP contribution in [0.3, 0.4) is 0 Å². The number of halogens is 1. The van der Waals surface area contributed by atoms with Crippen LogP contribution in [-0.2, 0) is 4.74 Å². The molecule has 0 spiro atoms. The Hall–Kier alpha value is -2.21. The third-order valence-electron chi connectivity index (χ3n) is 3.34. The van der Waals surface area contributed by atoms with Crippen molar-refractivity contribution in [2.45, 2.75) is 5.92 Å². The highest BCUT2D eigenvalue weighted by molar-refractivity contribution is 9.10. The lowest BCUT2D eigenvalue weighted by molar-refractivity contribution is 0.274. The van der Waals surface area contributed by atoms with Crippen molar-refractivity contribution in [2.24, 2.45) is 5.73 Å². The van der Waals surface area contributed by atoms with E-state index in [1.807, 2.05) is 18.2 Å². The summed E-state index contributed by atoms with van der Waals surface area (Å²) in [6, 6.07) is 10.3. The van der Waals surface area contributed by atoms with Crippen molar-refractivity contribution in [2.75, 3.05) is 6.61 Å². The van der Waals surface area contributed by atoms with Gasteiger partial charge in [-0.3, -0.25) is 5.41 Å². The number of amidine groups is 1. The van der Waals surface area contributed by atoms with E-state index in [0.717, 1.165) is 21.3 Å². The van der Waals surface area contributed by atoms with Crippen molar-refractivity contribution < 1.29 is 14.6 Å². The fourth-order valence-electron chi connectivity index (χ4n) is 2.42. The summed E-state index contributed by atoms with van der Waals surface area (Å²) in [5.74, 6) is 1.38. The first-order chi connectivity index (χ1) is 10.0. The first-order valence-electron chi connectivity index (χ1n) is 6.31. The number of ether oxygens (including phenoxy) is 2. The lowest BCUT2D eigenvalue weighted by atomic mass is 9.88. The number of rotatable bonds is 2. The maximum Gasteiger partial charge on any atom is 0.279 e. The Balaban J connectivity index is 2.09. The zero-order valence-corrected chi connectivity index (χ0v) is 12.6. The SMILES string of the molecule is N=C(N)OC[C@H]1c2cc(O)ccc2Oc2ccc(Br)cc21. The normalized spacial score (nSPS) is 15.6. The van der Waals surface area contributed by atoms with Gasteiger partial charge in [0.2, 0.25) is 0 Å². The van der Waals surface area contributed by atoms with Gasteiger partial charge in [0.1, 0.15) is 23.9 Å². The maximum absolute atomic E-state index is 9.71. The third kappa shape index (κ3) is 2.67. The summed E-state index contributed by atoms with van der Waals surface area (Å²) in [6.45, 7) is 0.207. The van der Waals surface area contributed by atoms with Gasteiger partial charge < -0.3 is 20.3 Å². The Kier molecular flexibility index (Phi) is 3.47. The molecule has 6 heteroatoms. The number of phenolic OH excluding ortho intramolecular Hbond substituents is 1. The molecule has 1 aliphatic rings. The molecule has 21 heavy (non-hydrogen) atoms.